The topological polar surface area (TPSA) is 73.6 Å². The maximum absolute atomic E-state index is 11.0. The fraction of sp³-hybridized carbons (Fsp3) is 0.533. The van der Waals surface area contributed by atoms with Gasteiger partial charge in [-0.25, -0.2) is 4.79 Å². The van der Waals surface area contributed by atoms with Gasteiger partial charge in [0.15, 0.2) is 6.61 Å². The Morgan fingerprint density at radius 3 is 2.75 bits per heavy atom. The molecule has 0 spiro atoms. The number of nitrogens with one attached hydrogen (secondary N) is 1. The zero-order valence-corrected chi connectivity index (χ0v) is 11.8. The third-order valence-electron chi connectivity index (χ3n) is 3.75. The largest absolute Gasteiger partial charge is 0.482 e. The number of ether oxygens (including phenoxy) is 2. The number of nitrogens with two attached hydrogens (primary N) is 1. The maximum Gasteiger partial charge on any atom is 0.343 e. The lowest BCUT2D eigenvalue weighted by Crippen LogP contribution is -2.29. The van der Waals surface area contributed by atoms with Crippen molar-refractivity contribution in [3.8, 4) is 5.75 Å². The SMILES string of the molecule is COC(=O)COc1ccc(NC2CCCC2CN)cc1. The van der Waals surface area contributed by atoms with E-state index in [0.29, 0.717) is 17.7 Å². The number of esters is 1. The van der Waals surface area contributed by atoms with Crippen LogP contribution in [0.1, 0.15) is 19.3 Å². The summed E-state index contributed by atoms with van der Waals surface area (Å²) in [6.07, 6.45) is 3.61. The lowest BCUT2D eigenvalue weighted by molar-refractivity contribution is -0.142. The van der Waals surface area contributed by atoms with E-state index in [1.807, 2.05) is 24.3 Å². The van der Waals surface area contributed by atoms with Gasteiger partial charge in [-0.15, -0.1) is 0 Å². The number of rotatable bonds is 6. The molecule has 0 aliphatic heterocycles. The van der Waals surface area contributed by atoms with Crippen molar-refractivity contribution >= 4 is 11.7 Å². The van der Waals surface area contributed by atoms with Gasteiger partial charge in [-0.2, -0.15) is 0 Å². The van der Waals surface area contributed by atoms with Gasteiger partial charge in [-0.1, -0.05) is 6.42 Å². The van der Waals surface area contributed by atoms with Crippen LogP contribution in [0.4, 0.5) is 5.69 Å². The Hall–Kier alpha value is -1.75. The highest BCUT2D eigenvalue weighted by Crippen LogP contribution is 2.28. The predicted molar refractivity (Wildman–Crippen MR) is 77.8 cm³/mol. The second-order valence-electron chi connectivity index (χ2n) is 5.07. The Balaban J connectivity index is 1.86. The zero-order chi connectivity index (χ0) is 14.4. The van der Waals surface area contributed by atoms with Crippen molar-refractivity contribution in [3.05, 3.63) is 24.3 Å². The van der Waals surface area contributed by atoms with Crippen molar-refractivity contribution in [2.24, 2.45) is 11.7 Å². The van der Waals surface area contributed by atoms with Gasteiger partial charge in [-0.05, 0) is 49.6 Å². The van der Waals surface area contributed by atoms with Crippen molar-refractivity contribution in [3.63, 3.8) is 0 Å². The van der Waals surface area contributed by atoms with Gasteiger partial charge in [0.1, 0.15) is 5.75 Å². The standard InChI is InChI=1S/C15H22N2O3/c1-19-15(18)10-20-13-7-5-12(6-8-13)17-14-4-2-3-11(14)9-16/h5-8,11,14,17H,2-4,9-10,16H2,1H3. The molecule has 5 heteroatoms. The van der Waals surface area contributed by atoms with Crippen LogP contribution >= 0.6 is 0 Å². The zero-order valence-electron chi connectivity index (χ0n) is 11.8. The molecule has 2 rings (SSSR count). The highest BCUT2D eigenvalue weighted by atomic mass is 16.6. The van der Waals surface area contributed by atoms with Crippen molar-refractivity contribution in [1.29, 1.82) is 0 Å². The van der Waals surface area contributed by atoms with E-state index in [2.05, 4.69) is 10.1 Å². The molecule has 2 unspecified atom stereocenters. The molecular weight excluding hydrogens is 256 g/mol. The average Bonchev–Trinajstić information content (AvgIpc) is 2.93. The van der Waals surface area contributed by atoms with E-state index in [4.69, 9.17) is 10.5 Å². The number of carbonyl (C=O) groups is 1. The van der Waals surface area contributed by atoms with Gasteiger partial charge in [-0.3, -0.25) is 0 Å². The van der Waals surface area contributed by atoms with Gasteiger partial charge in [0, 0.05) is 11.7 Å². The minimum atomic E-state index is -0.385. The van der Waals surface area contributed by atoms with E-state index in [-0.39, 0.29) is 12.6 Å². The Morgan fingerprint density at radius 1 is 1.35 bits per heavy atom. The number of hydrogen-bond donors (Lipinski definition) is 2. The molecule has 1 aromatic rings. The highest BCUT2D eigenvalue weighted by Gasteiger charge is 2.25. The van der Waals surface area contributed by atoms with E-state index in [1.54, 1.807) is 0 Å². The molecule has 1 saturated carbocycles. The molecule has 1 fully saturated rings. The van der Waals surface area contributed by atoms with E-state index < -0.39 is 0 Å². The highest BCUT2D eigenvalue weighted by molar-refractivity contribution is 5.70. The molecule has 2 atom stereocenters. The third kappa shape index (κ3) is 3.87. The normalized spacial score (nSPS) is 21.5. The van der Waals surface area contributed by atoms with Crippen LogP contribution in [-0.2, 0) is 9.53 Å². The first-order valence-corrected chi connectivity index (χ1v) is 6.99. The summed E-state index contributed by atoms with van der Waals surface area (Å²) >= 11 is 0. The molecule has 0 aromatic heterocycles. The van der Waals surface area contributed by atoms with Gasteiger partial charge >= 0.3 is 5.97 Å². The molecule has 5 nitrogen and oxygen atoms in total. The number of carbonyl (C=O) groups excluding carboxylic acids is 1. The average molecular weight is 278 g/mol. The minimum Gasteiger partial charge on any atom is -0.482 e. The minimum absolute atomic E-state index is 0.0683. The fourth-order valence-corrected chi connectivity index (χ4v) is 2.57. The molecule has 0 bridgehead atoms. The van der Waals surface area contributed by atoms with Crippen LogP contribution < -0.4 is 15.8 Å². The fourth-order valence-electron chi connectivity index (χ4n) is 2.57. The molecule has 110 valence electrons. The monoisotopic (exact) mass is 278 g/mol. The van der Waals surface area contributed by atoms with Crippen LogP contribution in [0.5, 0.6) is 5.75 Å². The second-order valence-corrected chi connectivity index (χ2v) is 5.07. The molecule has 0 heterocycles. The van der Waals surface area contributed by atoms with Crippen LogP contribution in [0.3, 0.4) is 0 Å². The molecule has 20 heavy (non-hydrogen) atoms. The second kappa shape index (κ2) is 7.14. The molecule has 0 amide bonds. The first-order valence-electron chi connectivity index (χ1n) is 6.99. The smallest absolute Gasteiger partial charge is 0.343 e. The van der Waals surface area contributed by atoms with Gasteiger partial charge in [0.25, 0.3) is 0 Å². The maximum atomic E-state index is 11.0. The molecular formula is C15H22N2O3. The summed E-state index contributed by atoms with van der Waals surface area (Å²) in [5, 5.41) is 3.52. The van der Waals surface area contributed by atoms with Crippen molar-refractivity contribution < 1.29 is 14.3 Å². The van der Waals surface area contributed by atoms with Crippen LogP contribution in [0.25, 0.3) is 0 Å². The molecule has 0 saturated heterocycles. The van der Waals surface area contributed by atoms with Crippen LogP contribution in [-0.4, -0.2) is 32.3 Å². The van der Waals surface area contributed by atoms with Crippen molar-refractivity contribution in [2.45, 2.75) is 25.3 Å². The Bertz CT molecular complexity index is 433. The van der Waals surface area contributed by atoms with E-state index in [9.17, 15) is 4.79 Å². The summed E-state index contributed by atoms with van der Waals surface area (Å²) in [6.45, 7) is 0.666. The van der Waals surface area contributed by atoms with E-state index >= 15 is 0 Å². The first-order chi connectivity index (χ1) is 9.72. The van der Waals surface area contributed by atoms with Gasteiger partial charge in [0.05, 0.1) is 7.11 Å². The molecule has 1 aliphatic rings. The van der Waals surface area contributed by atoms with Crippen LogP contribution in [0.2, 0.25) is 0 Å². The van der Waals surface area contributed by atoms with Crippen LogP contribution in [0.15, 0.2) is 24.3 Å². The van der Waals surface area contributed by atoms with Crippen molar-refractivity contribution in [2.75, 3.05) is 25.6 Å². The molecule has 0 radical (unpaired) electrons. The summed E-state index contributed by atoms with van der Waals surface area (Å²) in [7, 11) is 1.34. The summed E-state index contributed by atoms with van der Waals surface area (Å²) in [5.74, 6) is 0.831. The lowest BCUT2D eigenvalue weighted by Gasteiger charge is -2.20. The Labute approximate surface area is 119 Å². The third-order valence-corrected chi connectivity index (χ3v) is 3.75. The molecule has 1 aliphatic carbocycles. The summed E-state index contributed by atoms with van der Waals surface area (Å²) in [4.78, 5) is 11.0. The number of methoxy groups -OCH3 is 1. The Kier molecular flexibility index (Phi) is 5.24. The number of hydrogen-bond acceptors (Lipinski definition) is 5. The van der Waals surface area contributed by atoms with Crippen LogP contribution in [0, 0.1) is 5.92 Å². The summed E-state index contributed by atoms with van der Waals surface area (Å²) in [6, 6.07) is 8.06. The van der Waals surface area contributed by atoms with E-state index in [0.717, 1.165) is 12.2 Å². The summed E-state index contributed by atoms with van der Waals surface area (Å²) in [5.41, 5.74) is 6.84. The first kappa shape index (κ1) is 14.7. The van der Waals surface area contributed by atoms with E-state index in [1.165, 1.54) is 26.4 Å². The van der Waals surface area contributed by atoms with Crippen molar-refractivity contribution in [1.82, 2.24) is 0 Å². The number of benzene rings is 1. The molecule has 1 aromatic carbocycles. The predicted octanol–water partition coefficient (Wildman–Crippen LogP) is 1.78. The van der Waals surface area contributed by atoms with Gasteiger partial charge in [0.2, 0.25) is 0 Å². The quantitative estimate of drug-likeness (QED) is 0.776. The van der Waals surface area contributed by atoms with Gasteiger partial charge < -0.3 is 20.5 Å². The number of anilines is 1. The lowest BCUT2D eigenvalue weighted by atomic mass is 10.0. The molecule has 3 N–H and O–H groups in total. The summed E-state index contributed by atoms with van der Waals surface area (Å²) < 4.78 is 9.82. The Morgan fingerprint density at radius 2 is 2.10 bits per heavy atom.